The zero-order valence-electron chi connectivity index (χ0n) is 12.8. The Kier molecular flexibility index (Phi) is 4.87. The second-order valence-corrected chi connectivity index (χ2v) is 4.89. The summed E-state index contributed by atoms with van der Waals surface area (Å²) in [5, 5.41) is 18.1. The van der Waals surface area contributed by atoms with E-state index in [0.717, 1.165) is 10.9 Å². The third-order valence-electron chi connectivity index (χ3n) is 3.30. The first kappa shape index (κ1) is 17.1. The van der Waals surface area contributed by atoms with Gasteiger partial charge in [0.1, 0.15) is 23.7 Å². The third-order valence-corrected chi connectivity index (χ3v) is 3.30. The zero-order chi connectivity index (χ0) is 17.9. The highest BCUT2D eigenvalue weighted by Gasteiger charge is 2.25. The van der Waals surface area contributed by atoms with Gasteiger partial charge in [-0.1, -0.05) is 5.16 Å². The SMILES string of the molecule is Cc1c([N+](=O)[O-])cnn1C(C)C(=O)O/N=C(\N)c1ccc(F)cc1. The minimum absolute atomic E-state index is 0.112. The smallest absolute Gasteiger partial charge is 0.359 e. The number of hydrogen-bond acceptors (Lipinski definition) is 6. The lowest BCUT2D eigenvalue weighted by Gasteiger charge is -2.10. The van der Waals surface area contributed by atoms with Crippen molar-refractivity contribution in [2.24, 2.45) is 10.9 Å². The van der Waals surface area contributed by atoms with Crippen molar-refractivity contribution in [3.63, 3.8) is 0 Å². The number of carbonyl (C=O) groups excluding carboxylic acids is 1. The van der Waals surface area contributed by atoms with Gasteiger partial charge in [-0.15, -0.1) is 0 Å². The zero-order valence-corrected chi connectivity index (χ0v) is 12.8. The highest BCUT2D eigenvalue weighted by molar-refractivity contribution is 5.97. The average molecular weight is 335 g/mol. The molecule has 0 radical (unpaired) electrons. The van der Waals surface area contributed by atoms with Crippen LogP contribution in [0.3, 0.4) is 0 Å². The van der Waals surface area contributed by atoms with E-state index >= 15 is 0 Å². The average Bonchev–Trinajstić information content (AvgIpc) is 2.94. The van der Waals surface area contributed by atoms with Gasteiger partial charge in [0.25, 0.3) is 0 Å². The van der Waals surface area contributed by atoms with Gasteiger partial charge in [0.05, 0.1) is 4.92 Å². The number of aromatic nitrogens is 2. The summed E-state index contributed by atoms with van der Waals surface area (Å²) >= 11 is 0. The first-order chi connectivity index (χ1) is 11.3. The predicted molar refractivity (Wildman–Crippen MR) is 81.5 cm³/mol. The number of nitrogens with two attached hydrogens (primary N) is 1. The lowest BCUT2D eigenvalue weighted by Crippen LogP contribution is -2.22. The number of halogens is 1. The topological polar surface area (TPSA) is 126 Å². The number of nitrogens with zero attached hydrogens (tertiary/aromatic N) is 4. The minimum atomic E-state index is -0.941. The third kappa shape index (κ3) is 3.54. The molecule has 1 unspecified atom stereocenters. The van der Waals surface area contributed by atoms with E-state index in [1.807, 2.05) is 0 Å². The van der Waals surface area contributed by atoms with Crippen molar-refractivity contribution in [1.82, 2.24) is 9.78 Å². The van der Waals surface area contributed by atoms with E-state index in [1.54, 1.807) is 0 Å². The lowest BCUT2D eigenvalue weighted by molar-refractivity contribution is -0.385. The quantitative estimate of drug-likeness (QED) is 0.291. The summed E-state index contributed by atoms with van der Waals surface area (Å²) in [5.41, 5.74) is 6.03. The second kappa shape index (κ2) is 6.86. The maximum absolute atomic E-state index is 12.8. The molecule has 0 amide bonds. The maximum Gasteiger partial charge on any atom is 0.359 e. The lowest BCUT2D eigenvalue weighted by atomic mass is 10.2. The van der Waals surface area contributed by atoms with Crippen LogP contribution in [0.5, 0.6) is 0 Å². The van der Waals surface area contributed by atoms with Crippen molar-refractivity contribution < 1.29 is 18.9 Å². The van der Waals surface area contributed by atoms with Crippen LogP contribution >= 0.6 is 0 Å². The van der Waals surface area contributed by atoms with E-state index in [2.05, 4.69) is 10.3 Å². The van der Waals surface area contributed by atoms with Crippen LogP contribution in [0.1, 0.15) is 24.2 Å². The molecule has 0 spiro atoms. The van der Waals surface area contributed by atoms with Gasteiger partial charge in [-0.25, -0.2) is 13.9 Å². The molecule has 0 bridgehead atoms. The second-order valence-electron chi connectivity index (χ2n) is 4.89. The molecule has 0 fully saturated rings. The molecule has 126 valence electrons. The maximum atomic E-state index is 12.8. The Morgan fingerprint density at radius 2 is 2.08 bits per heavy atom. The van der Waals surface area contributed by atoms with Crippen molar-refractivity contribution >= 4 is 17.5 Å². The number of hydrogen-bond donors (Lipinski definition) is 1. The van der Waals surface area contributed by atoms with Crippen molar-refractivity contribution in [3.05, 3.63) is 57.7 Å². The van der Waals surface area contributed by atoms with E-state index < -0.39 is 22.8 Å². The molecule has 24 heavy (non-hydrogen) atoms. The van der Waals surface area contributed by atoms with Gasteiger partial charge in [-0.3, -0.25) is 10.1 Å². The Balaban J connectivity index is 2.10. The van der Waals surface area contributed by atoms with Gasteiger partial charge in [0.2, 0.25) is 0 Å². The number of amidine groups is 1. The van der Waals surface area contributed by atoms with E-state index in [4.69, 9.17) is 10.6 Å². The van der Waals surface area contributed by atoms with Gasteiger partial charge >= 0.3 is 11.7 Å². The molecule has 1 aromatic carbocycles. The van der Waals surface area contributed by atoms with E-state index in [1.165, 1.54) is 38.1 Å². The summed E-state index contributed by atoms with van der Waals surface area (Å²) in [6, 6.07) is 4.20. The monoisotopic (exact) mass is 335 g/mol. The van der Waals surface area contributed by atoms with Crippen LogP contribution in [0, 0.1) is 22.9 Å². The molecule has 1 heterocycles. The summed E-state index contributed by atoms with van der Waals surface area (Å²) in [4.78, 5) is 26.9. The molecule has 1 atom stereocenters. The Labute approximate surface area is 135 Å². The van der Waals surface area contributed by atoms with Gasteiger partial charge in [-0.05, 0) is 38.1 Å². The molecule has 2 rings (SSSR count). The molecule has 1 aromatic heterocycles. The Hall–Kier alpha value is -3.30. The summed E-state index contributed by atoms with van der Waals surface area (Å²) in [7, 11) is 0. The molecule has 0 saturated carbocycles. The van der Waals surface area contributed by atoms with Crippen LogP contribution in [0.25, 0.3) is 0 Å². The number of rotatable bonds is 5. The number of benzene rings is 1. The molecule has 2 N–H and O–H groups in total. The fraction of sp³-hybridized carbons (Fsp3) is 0.214. The normalized spacial score (nSPS) is 12.7. The predicted octanol–water partition coefficient (Wildman–Crippen LogP) is 1.66. The van der Waals surface area contributed by atoms with Gasteiger partial charge < -0.3 is 10.6 Å². The molecule has 9 nitrogen and oxygen atoms in total. The van der Waals surface area contributed by atoms with Crippen LogP contribution in [-0.4, -0.2) is 26.5 Å². The number of oxime groups is 1. The van der Waals surface area contributed by atoms with Crippen molar-refractivity contribution in [1.29, 1.82) is 0 Å². The Morgan fingerprint density at radius 3 is 2.62 bits per heavy atom. The van der Waals surface area contributed by atoms with E-state index in [-0.39, 0.29) is 17.2 Å². The van der Waals surface area contributed by atoms with Crippen molar-refractivity contribution in [2.75, 3.05) is 0 Å². The van der Waals surface area contributed by atoms with Crippen molar-refractivity contribution in [2.45, 2.75) is 19.9 Å². The van der Waals surface area contributed by atoms with Crippen LogP contribution in [0.2, 0.25) is 0 Å². The van der Waals surface area contributed by atoms with E-state index in [0.29, 0.717) is 5.56 Å². The largest absolute Gasteiger partial charge is 0.380 e. The first-order valence-electron chi connectivity index (χ1n) is 6.80. The molecule has 2 aromatic rings. The Morgan fingerprint density at radius 1 is 1.46 bits per heavy atom. The van der Waals surface area contributed by atoms with Crippen LogP contribution in [0.4, 0.5) is 10.1 Å². The minimum Gasteiger partial charge on any atom is -0.380 e. The summed E-state index contributed by atoms with van der Waals surface area (Å²) in [6.07, 6.45) is 1.05. The molecule has 0 aliphatic carbocycles. The molecule has 0 saturated heterocycles. The molecular formula is C14H14FN5O4. The first-order valence-corrected chi connectivity index (χ1v) is 6.80. The summed E-state index contributed by atoms with van der Waals surface area (Å²) in [5.74, 6) is -1.35. The highest BCUT2D eigenvalue weighted by atomic mass is 19.1. The summed E-state index contributed by atoms with van der Waals surface area (Å²) in [6.45, 7) is 2.92. The molecule has 0 aliphatic rings. The highest BCUT2D eigenvalue weighted by Crippen LogP contribution is 2.20. The standard InChI is InChI=1S/C14H14FN5O4/c1-8-12(20(22)23)7-17-19(8)9(2)14(21)24-18-13(16)10-3-5-11(15)6-4-10/h3-7,9H,1-2H3,(H2,16,18). The van der Waals surface area contributed by atoms with E-state index in [9.17, 15) is 19.3 Å². The van der Waals surface area contributed by atoms with Crippen LogP contribution in [-0.2, 0) is 9.63 Å². The fourth-order valence-corrected chi connectivity index (χ4v) is 1.93. The Bertz CT molecular complexity index is 800. The summed E-state index contributed by atoms with van der Waals surface area (Å²) < 4.78 is 14.0. The number of nitro groups is 1. The molecule has 0 aliphatic heterocycles. The number of carbonyl (C=O) groups is 1. The van der Waals surface area contributed by atoms with Gasteiger partial charge in [0.15, 0.2) is 5.84 Å². The van der Waals surface area contributed by atoms with Gasteiger partial charge in [0, 0.05) is 5.56 Å². The van der Waals surface area contributed by atoms with Crippen molar-refractivity contribution in [3.8, 4) is 0 Å². The van der Waals surface area contributed by atoms with Crippen LogP contribution < -0.4 is 5.73 Å². The molecule has 10 heteroatoms. The van der Waals surface area contributed by atoms with Gasteiger partial charge in [-0.2, -0.15) is 5.10 Å². The molecular weight excluding hydrogens is 321 g/mol. The fourth-order valence-electron chi connectivity index (χ4n) is 1.93. The van der Waals surface area contributed by atoms with Crippen LogP contribution in [0.15, 0.2) is 35.6 Å².